The number of ether oxygens (including phenoxy) is 1. The number of rotatable bonds is 2. The first-order valence-electron chi connectivity index (χ1n) is 5.36. The highest BCUT2D eigenvalue weighted by Gasteiger charge is 2.23. The maximum Gasteiger partial charge on any atom is 0.257 e. The van der Waals surface area contributed by atoms with Gasteiger partial charge >= 0.3 is 0 Å². The van der Waals surface area contributed by atoms with Gasteiger partial charge in [0.15, 0.2) is 11.6 Å². The molecule has 1 aliphatic heterocycles. The summed E-state index contributed by atoms with van der Waals surface area (Å²) >= 11 is 0. The summed E-state index contributed by atoms with van der Waals surface area (Å²) in [5.41, 5.74) is 0.310. The molecule has 1 amide bonds. The Morgan fingerprint density at radius 1 is 1.38 bits per heavy atom. The third-order valence-corrected chi connectivity index (χ3v) is 2.79. The van der Waals surface area contributed by atoms with Crippen molar-refractivity contribution in [2.45, 2.75) is 12.8 Å². The van der Waals surface area contributed by atoms with Gasteiger partial charge in [-0.25, -0.2) is 4.39 Å². The SMILES string of the molecule is COc1c(F)cccc1C(=O)N1CCCC1. The Hall–Kier alpha value is -1.58. The number of para-hydroxylation sites is 1. The summed E-state index contributed by atoms with van der Waals surface area (Å²) in [4.78, 5) is 13.8. The second kappa shape index (κ2) is 4.51. The lowest BCUT2D eigenvalue weighted by molar-refractivity contribution is 0.0788. The van der Waals surface area contributed by atoms with Crippen molar-refractivity contribution in [3.8, 4) is 5.75 Å². The smallest absolute Gasteiger partial charge is 0.257 e. The molecule has 1 fully saturated rings. The number of hydrogen-bond acceptors (Lipinski definition) is 2. The van der Waals surface area contributed by atoms with Crippen molar-refractivity contribution < 1.29 is 13.9 Å². The molecule has 1 saturated heterocycles. The van der Waals surface area contributed by atoms with E-state index < -0.39 is 5.82 Å². The van der Waals surface area contributed by atoms with E-state index in [1.807, 2.05) is 0 Å². The first-order chi connectivity index (χ1) is 7.74. The van der Waals surface area contributed by atoms with Crippen molar-refractivity contribution in [2.24, 2.45) is 0 Å². The highest BCUT2D eigenvalue weighted by molar-refractivity contribution is 5.97. The molecule has 2 rings (SSSR count). The van der Waals surface area contributed by atoms with Crippen molar-refractivity contribution in [3.05, 3.63) is 29.6 Å². The number of benzene rings is 1. The molecule has 0 bridgehead atoms. The van der Waals surface area contributed by atoms with Gasteiger partial charge in [0.25, 0.3) is 5.91 Å². The normalized spacial score (nSPS) is 15.2. The van der Waals surface area contributed by atoms with Crippen molar-refractivity contribution in [1.82, 2.24) is 4.90 Å². The van der Waals surface area contributed by atoms with Crippen LogP contribution < -0.4 is 4.74 Å². The highest BCUT2D eigenvalue weighted by Crippen LogP contribution is 2.24. The fraction of sp³-hybridized carbons (Fsp3) is 0.417. The fourth-order valence-electron chi connectivity index (χ4n) is 1.98. The second-order valence-corrected chi connectivity index (χ2v) is 3.82. The van der Waals surface area contributed by atoms with Crippen LogP contribution in [0.25, 0.3) is 0 Å². The van der Waals surface area contributed by atoms with Crippen LogP contribution in [0.4, 0.5) is 4.39 Å². The predicted molar refractivity (Wildman–Crippen MR) is 58.1 cm³/mol. The highest BCUT2D eigenvalue weighted by atomic mass is 19.1. The van der Waals surface area contributed by atoms with Crippen molar-refractivity contribution >= 4 is 5.91 Å². The summed E-state index contributed by atoms with van der Waals surface area (Å²) in [5.74, 6) is -0.596. The van der Waals surface area contributed by atoms with E-state index in [9.17, 15) is 9.18 Å². The van der Waals surface area contributed by atoms with Gasteiger partial charge in [0.1, 0.15) is 0 Å². The van der Waals surface area contributed by atoms with Gasteiger partial charge in [-0.05, 0) is 25.0 Å². The molecule has 0 unspecified atom stereocenters. The Morgan fingerprint density at radius 2 is 2.06 bits per heavy atom. The Morgan fingerprint density at radius 3 is 2.69 bits per heavy atom. The molecule has 0 radical (unpaired) electrons. The van der Waals surface area contributed by atoms with Gasteiger partial charge in [-0.3, -0.25) is 4.79 Å². The molecule has 0 atom stereocenters. The zero-order valence-corrected chi connectivity index (χ0v) is 9.20. The van der Waals surface area contributed by atoms with Crippen LogP contribution in [-0.2, 0) is 0 Å². The predicted octanol–water partition coefficient (Wildman–Crippen LogP) is 2.07. The average molecular weight is 223 g/mol. The van der Waals surface area contributed by atoms with Crippen LogP contribution in [0.1, 0.15) is 23.2 Å². The van der Waals surface area contributed by atoms with Crippen molar-refractivity contribution in [3.63, 3.8) is 0 Å². The molecule has 1 aromatic carbocycles. The summed E-state index contributed by atoms with van der Waals surface area (Å²) in [7, 11) is 1.37. The molecule has 4 heteroatoms. The molecular formula is C12H14FNO2. The van der Waals surface area contributed by atoms with Gasteiger partial charge in [0.2, 0.25) is 0 Å². The van der Waals surface area contributed by atoms with Gasteiger partial charge < -0.3 is 9.64 Å². The monoisotopic (exact) mass is 223 g/mol. The van der Waals surface area contributed by atoms with Crippen LogP contribution in [0.2, 0.25) is 0 Å². The zero-order valence-electron chi connectivity index (χ0n) is 9.20. The van der Waals surface area contributed by atoms with E-state index in [4.69, 9.17) is 4.74 Å². The molecule has 1 aliphatic rings. The molecule has 0 saturated carbocycles. The van der Waals surface area contributed by atoms with Crippen LogP contribution in [0.15, 0.2) is 18.2 Å². The lowest BCUT2D eigenvalue weighted by Gasteiger charge is -2.17. The molecule has 1 aromatic rings. The van der Waals surface area contributed by atoms with Crippen LogP contribution in [0.5, 0.6) is 5.75 Å². The minimum absolute atomic E-state index is 0.0411. The van der Waals surface area contributed by atoms with E-state index in [-0.39, 0.29) is 11.7 Å². The minimum Gasteiger partial charge on any atom is -0.493 e. The Kier molecular flexibility index (Phi) is 3.08. The van der Waals surface area contributed by atoms with Gasteiger partial charge in [0, 0.05) is 13.1 Å². The van der Waals surface area contributed by atoms with E-state index in [1.54, 1.807) is 11.0 Å². The quantitative estimate of drug-likeness (QED) is 0.768. The molecule has 0 spiro atoms. The van der Waals surface area contributed by atoms with Crippen LogP contribution >= 0.6 is 0 Å². The summed E-state index contributed by atoms with van der Waals surface area (Å²) in [6.07, 6.45) is 2.03. The lowest BCUT2D eigenvalue weighted by Crippen LogP contribution is -2.28. The van der Waals surface area contributed by atoms with E-state index in [0.717, 1.165) is 25.9 Å². The summed E-state index contributed by atoms with van der Waals surface area (Å²) in [6.45, 7) is 1.50. The number of nitrogens with zero attached hydrogens (tertiary/aromatic N) is 1. The summed E-state index contributed by atoms with van der Waals surface area (Å²) in [5, 5.41) is 0. The number of likely N-dealkylation sites (tertiary alicyclic amines) is 1. The average Bonchev–Trinajstić information content (AvgIpc) is 2.81. The molecule has 86 valence electrons. The molecule has 0 aromatic heterocycles. The number of halogens is 1. The van der Waals surface area contributed by atoms with E-state index >= 15 is 0 Å². The molecule has 16 heavy (non-hydrogen) atoms. The standard InChI is InChI=1S/C12H14FNO2/c1-16-11-9(5-4-6-10(11)13)12(15)14-7-2-3-8-14/h4-6H,2-3,7-8H2,1H3. The van der Waals surface area contributed by atoms with Crippen LogP contribution in [-0.4, -0.2) is 31.0 Å². The molecule has 0 aliphatic carbocycles. The first kappa shape index (κ1) is 10.9. The summed E-state index contributed by atoms with van der Waals surface area (Å²) < 4.78 is 18.3. The third kappa shape index (κ3) is 1.87. The third-order valence-electron chi connectivity index (χ3n) is 2.79. The lowest BCUT2D eigenvalue weighted by atomic mass is 10.1. The van der Waals surface area contributed by atoms with Crippen LogP contribution in [0, 0.1) is 5.82 Å². The fourth-order valence-corrected chi connectivity index (χ4v) is 1.98. The van der Waals surface area contributed by atoms with Crippen molar-refractivity contribution in [1.29, 1.82) is 0 Å². The number of amides is 1. The van der Waals surface area contributed by atoms with E-state index in [2.05, 4.69) is 0 Å². The van der Waals surface area contributed by atoms with Crippen molar-refractivity contribution in [2.75, 3.05) is 20.2 Å². The maximum absolute atomic E-state index is 13.4. The number of carbonyl (C=O) groups excluding carboxylic acids is 1. The molecule has 0 N–H and O–H groups in total. The Balaban J connectivity index is 2.31. The van der Waals surface area contributed by atoms with Gasteiger partial charge in [-0.2, -0.15) is 0 Å². The Labute approximate surface area is 93.8 Å². The zero-order chi connectivity index (χ0) is 11.5. The largest absolute Gasteiger partial charge is 0.493 e. The number of methoxy groups -OCH3 is 1. The van der Waals surface area contributed by atoms with Gasteiger partial charge in [-0.1, -0.05) is 6.07 Å². The van der Waals surface area contributed by atoms with Crippen LogP contribution in [0.3, 0.4) is 0 Å². The minimum atomic E-state index is -0.493. The second-order valence-electron chi connectivity index (χ2n) is 3.82. The topological polar surface area (TPSA) is 29.5 Å². The summed E-state index contributed by atoms with van der Waals surface area (Å²) in [6, 6.07) is 4.42. The number of hydrogen-bond donors (Lipinski definition) is 0. The Bertz CT molecular complexity index is 400. The molecule has 3 nitrogen and oxygen atoms in total. The number of carbonyl (C=O) groups is 1. The van der Waals surface area contributed by atoms with E-state index in [1.165, 1.54) is 19.2 Å². The molecular weight excluding hydrogens is 209 g/mol. The van der Waals surface area contributed by atoms with E-state index in [0.29, 0.717) is 5.56 Å². The molecule has 1 heterocycles. The van der Waals surface area contributed by atoms with Gasteiger partial charge in [0.05, 0.1) is 12.7 Å². The van der Waals surface area contributed by atoms with Gasteiger partial charge in [-0.15, -0.1) is 0 Å². The first-order valence-corrected chi connectivity index (χ1v) is 5.36. The maximum atomic E-state index is 13.4.